The van der Waals surface area contributed by atoms with Crippen molar-refractivity contribution in [2.45, 2.75) is 46.5 Å². The van der Waals surface area contributed by atoms with Crippen molar-refractivity contribution in [2.24, 2.45) is 0 Å². The van der Waals surface area contributed by atoms with Crippen molar-refractivity contribution in [3.05, 3.63) is 27.4 Å². The molecule has 0 bridgehead atoms. The van der Waals surface area contributed by atoms with E-state index in [2.05, 4.69) is 16.9 Å². The van der Waals surface area contributed by atoms with Crippen LogP contribution >= 0.6 is 0 Å². The lowest BCUT2D eigenvalue weighted by Gasteiger charge is -2.04. The highest BCUT2D eigenvalue weighted by molar-refractivity contribution is 5.16. The van der Waals surface area contributed by atoms with Crippen molar-refractivity contribution < 1.29 is 0 Å². The summed E-state index contributed by atoms with van der Waals surface area (Å²) in [5, 5.41) is 0. The number of aromatic nitrogens is 2. The Morgan fingerprint density at radius 1 is 1.29 bits per heavy atom. The third-order valence-corrected chi connectivity index (χ3v) is 2.37. The third-order valence-electron chi connectivity index (χ3n) is 2.37. The number of nitrogens with zero attached hydrogens (tertiary/aromatic N) is 1. The Kier molecular flexibility index (Phi) is 3.86. The van der Waals surface area contributed by atoms with E-state index in [0.29, 0.717) is 5.82 Å². The van der Waals surface area contributed by atoms with Gasteiger partial charge >= 0.3 is 0 Å². The highest BCUT2D eigenvalue weighted by Crippen LogP contribution is 2.05. The molecule has 0 fully saturated rings. The van der Waals surface area contributed by atoms with E-state index in [0.717, 1.165) is 24.1 Å². The van der Waals surface area contributed by atoms with Crippen LogP contribution in [-0.4, -0.2) is 9.97 Å². The van der Waals surface area contributed by atoms with Crippen molar-refractivity contribution >= 4 is 0 Å². The van der Waals surface area contributed by atoms with Gasteiger partial charge in [0.25, 0.3) is 5.56 Å². The SMILES string of the molecule is CCCCCc1c(C)nc(C)[nH]c1=O. The van der Waals surface area contributed by atoms with Crippen molar-refractivity contribution in [3.63, 3.8) is 0 Å². The molecule has 0 atom stereocenters. The van der Waals surface area contributed by atoms with Crippen LogP contribution in [0.15, 0.2) is 4.79 Å². The average Bonchev–Trinajstić information content (AvgIpc) is 2.09. The molecule has 78 valence electrons. The molecule has 0 radical (unpaired) electrons. The molecule has 0 aliphatic heterocycles. The summed E-state index contributed by atoms with van der Waals surface area (Å²) in [4.78, 5) is 18.6. The summed E-state index contributed by atoms with van der Waals surface area (Å²) in [7, 11) is 0. The molecule has 0 aliphatic carbocycles. The van der Waals surface area contributed by atoms with Crippen LogP contribution in [0.3, 0.4) is 0 Å². The number of rotatable bonds is 4. The minimum atomic E-state index is 0.0334. The third kappa shape index (κ3) is 2.69. The van der Waals surface area contributed by atoms with Gasteiger partial charge < -0.3 is 4.98 Å². The van der Waals surface area contributed by atoms with Gasteiger partial charge in [0.1, 0.15) is 5.82 Å². The number of H-pyrrole nitrogens is 1. The summed E-state index contributed by atoms with van der Waals surface area (Å²) < 4.78 is 0. The monoisotopic (exact) mass is 194 g/mol. The highest BCUT2D eigenvalue weighted by Gasteiger charge is 2.05. The Morgan fingerprint density at radius 3 is 2.57 bits per heavy atom. The van der Waals surface area contributed by atoms with E-state index in [-0.39, 0.29) is 5.56 Å². The lowest BCUT2D eigenvalue weighted by molar-refractivity contribution is 0.705. The van der Waals surface area contributed by atoms with Gasteiger partial charge in [-0.2, -0.15) is 0 Å². The van der Waals surface area contributed by atoms with Gasteiger partial charge in [0.2, 0.25) is 0 Å². The Balaban J connectivity index is 2.81. The molecule has 0 aliphatic rings. The maximum atomic E-state index is 11.6. The zero-order valence-corrected chi connectivity index (χ0v) is 9.18. The second-order valence-corrected chi connectivity index (χ2v) is 3.67. The van der Waals surface area contributed by atoms with Crippen molar-refractivity contribution in [1.29, 1.82) is 0 Å². The van der Waals surface area contributed by atoms with Crippen molar-refractivity contribution in [1.82, 2.24) is 9.97 Å². The van der Waals surface area contributed by atoms with Gasteiger partial charge in [-0.25, -0.2) is 4.98 Å². The van der Waals surface area contributed by atoms with Gasteiger partial charge in [-0.1, -0.05) is 19.8 Å². The van der Waals surface area contributed by atoms with E-state index in [4.69, 9.17) is 0 Å². The number of nitrogens with one attached hydrogen (secondary N) is 1. The molecule has 0 aromatic carbocycles. The maximum absolute atomic E-state index is 11.6. The minimum Gasteiger partial charge on any atom is -0.311 e. The molecule has 1 rings (SSSR count). The van der Waals surface area contributed by atoms with Gasteiger partial charge in [0.05, 0.1) is 0 Å². The Hall–Kier alpha value is -1.12. The molecule has 0 saturated carbocycles. The molecule has 1 aromatic rings. The zero-order valence-electron chi connectivity index (χ0n) is 9.18. The van der Waals surface area contributed by atoms with Gasteiger partial charge in [-0.3, -0.25) is 4.79 Å². The number of unbranched alkanes of at least 4 members (excludes halogenated alkanes) is 2. The predicted octanol–water partition coefficient (Wildman–Crippen LogP) is 2.12. The fraction of sp³-hybridized carbons (Fsp3) is 0.636. The largest absolute Gasteiger partial charge is 0.311 e. The first-order valence-corrected chi connectivity index (χ1v) is 5.21. The number of hydrogen-bond acceptors (Lipinski definition) is 2. The minimum absolute atomic E-state index is 0.0334. The Morgan fingerprint density at radius 2 is 2.00 bits per heavy atom. The van der Waals surface area contributed by atoms with Crippen LogP contribution in [0.1, 0.15) is 43.3 Å². The van der Waals surface area contributed by atoms with Gasteiger partial charge in [-0.15, -0.1) is 0 Å². The molecule has 3 nitrogen and oxygen atoms in total. The topological polar surface area (TPSA) is 45.8 Å². The fourth-order valence-corrected chi connectivity index (χ4v) is 1.60. The summed E-state index contributed by atoms with van der Waals surface area (Å²) in [6.07, 6.45) is 4.27. The van der Waals surface area contributed by atoms with Crippen molar-refractivity contribution in [2.75, 3.05) is 0 Å². The predicted molar refractivity (Wildman–Crippen MR) is 57.6 cm³/mol. The van der Waals surface area contributed by atoms with E-state index in [9.17, 15) is 4.79 Å². The van der Waals surface area contributed by atoms with E-state index < -0.39 is 0 Å². The van der Waals surface area contributed by atoms with Gasteiger partial charge in [0.15, 0.2) is 0 Å². The molecule has 14 heavy (non-hydrogen) atoms. The molecule has 1 heterocycles. The summed E-state index contributed by atoms with van der Waals surface area (Å²) in [6.45, 7) is 5.87. The fourth-order valence-electron chi connectivity index (χ4n) is 1.60. The second kappa shape index (κ2) is 4.94. The van der Waals surface area contributed by atoms with E-state index >= 15 is 0 Å². The Bertz CT molecular complexity index is 355. The highest BCUT2D eigenvalue weighted by atomic mass is 16.1. The van der Waals surface area contributed by atoms with Crippen LogP contribution in [0.2, 0.25) is 0 Å². The zero-order chi connectivity index (χ0) is 10.6. The molecule has 1 aromatic heterocycles. The van der Waals surface area contributed by atoms with Crippen LogP contribution < -0.4 is 5.56 Å². The molecule has 0 unspecified atom stereocenters. The van der Waals surface area contributed by atoms with Crippen LogP contribution in [0.5, 0.6) is 0 Å². The molecule has 0 spiro atoms. The summed E-state index contributed by atoms with van der Waals surface area (Å²) >= 11 is 0. The van der Waals surface area contributed by atoms with Crippen LogP contribution in [0.4, 0.5) is 0 Å². The molecular formula is C11H18N2O. The van der Waals surface area contributed by atoms with E-state index in [1.165, 1.54) is 12.8 Å². The lowest BCUT2D eigenvalue weighted by Crippen LogP contribution is -2.17. The van der Waals surface area contributed by atoms with E-state index in [1.54, 1.807) is 0 Å². The average molecular weight is 194 g/mol. The Labute approximate surface area is 84.6 Å². The van der Waals surface area contributed by atoms with Crippen molar-refractivity contribution in [3.8, 4) is 0 Å². The summed E-state index contributed by atoms with van der Waals surface area (Å²) in [6, 6.07) is 0. The van der Waals surface area contributed by atoms with Crippen LogP contribution in [0.25, 0.3) is 0 Å². The molecular weight excluding hydrogens is 176 g/mol. The number of aryl methyl sites for hydroxylation is 2. The first kappa shape index (κ1) is 11.0. The summed E-state index contributed by atoms with van der Waals surface area (Å²) in [5.41, 5.74) is 1.76. The standard InChI is InChI=1S/C11H18N2O/c1-4-5-6-7-10-8(2)12-9(3)13-11(10)14/h4-7H2,1-3H3,(H,12,13,14). The molecule has 1 N–H and O–H groups in total. The first-order valence-electron chi connectivity index (χ1n) is 5.21. The normalized spacial score (nSPS) is 10.5. The first-order chi connectivity index (χ1) is 6.65. The number of aromatic amines is 1. The molecule has 0 saturated heterocycles. The van der Waals surface area contributed by atoms with Crippen LogP contribution in [-0.2, 0) is 6.42 Å². The quantitative estimate of drug-likeness (QED) is 0.746. The maximum Gasteiger partial charge on any atom is 0.254 e. The summed E-state index contributed by atoms with van der Waals surface area (Å²) in [5.74, 6) is 0.701. The van der Waals surface area contributed by atoms with Gasteiger partial charge in [-0.05, 0) is 26.7 Å². The molecule has 0 amide bonds. The number of hydrogen-bond donors (Lipinski definition) is 1. The lowest BCUT2D eigenvalue weighted by atomic mass is 10.1. The molecule has 3 heteroatoms. The van der Waals surface area contributed by atoms with Gasteiger partial charge in [0, 0.05) is 11.3 Å². The van der Waals surface area contributed by atoms with Crippen LogP contribution in [0, 0.1) is 13.8 Å². The second-order valence-electron chi connectivity index (χ2n) is 3.67. The van der Waals surface area contributed by atoms with E-state index in [1.807, 2.05) is 13.8 Å². The smallest absolute Gasteiger partial charge is 0.254 e.